The lowest BCUT2D eigenvalue weighted by atomic mass is 9.99. The SMILES string of the molecule is CCC(C)(C)N(C)CCC(O)c1ccccc1. The number of nitrogens with zero attached hydrogens (tertiary/aromatic N) is 1. The van der Waals surface area contributed by atoms with Crippen molar-refractivity contribution in [1.29, 1.82) is 0 Å². The molecular weight excluding hydrogens is 210 g/mol. The summed E-state index contributed by atoms with van der Waals surface area (Å²) >= 11 is 0. The van der Waals surface area contributed by atoms with E-state index in [1.54, 1.807) is 0 Å². The van der Waals surface area contributed by atoms with E-state index in [-0.39, 0.29) is 11.6 Å². The van der Waals surface area contributed by atoms with Crippen LogP contribution < -0.4 is 0 Å². The molecule has 0 aliphatic carbocycles. The van der Waals surface area contributed by atoms with Gasteiger partial charge in [0.25, 0.3) is 0 Å². The molecule has 96 valence electrons. The summed E-state index contributed by atoms with van der Waals surface area (Å²) in [4.78, 5) is 2.32. The first-order chi connectivity index (χ1) is 7.97. The molecule has 0 fully saturated rings. The minimum Gasteiger partial charge on any atom is -0.388 e. The predicted molar refractivity (Wildman–Crippen MR) is 73.0 cm³/mol. The van der Waals surface area contributed by atoms with Gasteiger partial charge in [0.1, 0.15) is 0 Å². The van der Waals surface area contributed by atoms with E-state index >= 15 is 0 Å². The summed E-state index contributed by atoms with van der Waals surface area (Å²) < 4.78 is 0. The van der Waals surface area contributed by atoms with Crippen molar-refractivity contribution in [3.05, 3.63) is 35.9 Å². The van der Waals surface area contributed by atoms with E-state index in [9.17, 15) is 5.11 Å². The largest absolute Gasteiger partial charge is 0.388 e. The highest BCUT2D eigenvalue weighted by molar-refractivity contribution is 5.17. The molecule has 0 radical (unpaired) electrons. The normalized spacial score (nSPS) is 14.0. The van der Waals surface area contributed by atoms with E-state index in [0.717, 1.165) is 24.9 Å². The Hall–Kier alpha value is -0.860. The number of rotatable bonds is 6. The monoisotopic (exact) mass is 235 g/mol. The van der Waals surface area contributed by atoms with E-state index in [0.29, 0.717) is 0 Å². The molecule has 0 aliphatic heterocycles. The second kappa shape index (κ2) is 6.18. The van der Waals surface area contributed by atoms with Gasteiger partial charge in [-0.15, -0.1) is 0 Å². The molecule has 1 N–H and O–H groups in total. The molecule has 0 bridgehead atoms. The molecular formula is C15H25NO. The molecule has 1 unspecified atom stereocenters. The Morgan fingerprint density at radius 2 is 1.82 bits per heavy atom. The zero-order valence-electron chi connectivity index (χ0n) is 11.5. The third kappa shape index (κ3) is 4.14. The molecule has 0 aromatic heterocycles. The fourth-order valence-corrected chi connectivity index (χ4v) is 1.73. The minimum absolute atomic E-state index is 0.205. The highest BCUT2D eigenvalue weighted by Crippen LogP contribution is 2.20. The van der Waals surface area contributed by atoms with Crippen LogP contribution in [-0.2, 0) is 0 Å². The van der Waals surface area contributed by atoms with Crippen LogP contribution in [0, 0.1) is 0 Å². The molecule has 2 heteroatoms. The topological polar surface area (TPSA) is 23.5 Å². The van der Waals surface area contributed by atoms with Crippen molar-refractivity contribution in [2.45, 2.75) is 45.3 Å². The van der Waals surface area contributed by atoms with Gasteiger partial charge < -0.3 is 10.0 Å². The van der Waals surface area contributed by atoms with E-state index in [1.165, 1.54) is 0 Å². The number of benzene rings is 1. The molecule has 0 spiro atoms. The maximum atomic E-state index is 10.1. The molecule has 0 aliphatic rings. The predicted octanol–water partition coefficient (Wildman–Crippen LogP) is 3.23. The minimum atomic E-state index is -0.355. The number of aliphatic hydroxyl groups is 1. The Kier molecular flexibility index (Phi) is 5.16. The molecule has 1 atom stereocenters. The highest BCUT2D eigenvalue weighted by atomic mass is 16.3. The molecule has 1 rings (SSSR count). The Labute approximate surface area is 105 Å². The summed E-state index contributed by atoms with van der Waals surface area (Å²) in [5.41, 5.74) is 1.21. The van der Waals surface area contributed by atoms with Crippen molar-refractivity contribution in [3.8, 4) is 0 Å². The van der Waals surface area contributed by atoms with Crippen molar-refractivity contribution in [3.63, 3.8) is 0 Å². The molecule has 1 aromatic rings. The van der Waals surface area contributed by atoms with Crippen LogP contribution in [0.25, 0.3) is 0 Å². The summed E-state index contributed by atoms with van der Waals surface area (Å²) in [6.45, 7) is 7.59. The second-order valence-corrected chi connectivity index (χ2v) is 5.30. The van der Waals surface area contributed by atoms with E-state index in [1.807, 2.05) is 30.3 Å². The lowest BCUT2D eigenvalue weighted by molar-refractivity contribution is 0.105. The third-order valence-electron chi connectivity index (χ3n) is 3.82. The molecule has 1 aromatic carbocycles. The number of hydrogen-bond acceptors (Lipinski definition) is 2. The van der Waals surface area contributed by atoms with E-state index < -0.39 is 0 Å². The fraction of sp³-hybridized carbons (Fsp3) is 0.600. The molecule has 0 saturated carbocycles. The zero-order chi connectivity index (χ0) is 12.9. The molecule has 2 nitrogen and oxygen atoms in total. The van der Waals surface area contributed by atoms with E-state index in [2.05, 4.69) is 32.7 Å². The van der Waals surface area contributed by atoms with Crippen molar-refractivity contribution in [2.75, 3.05) is 13.6 Å². The van der Waals surface area contributed by atoms with Gasteiger partial charge in [-0.05, 0) is 39.3 Å². The average Bonchev–Trinajstić information content (AvgIpc) is 2.36. The summed E-state index contributed by atoms with van der Waals surface area (Å²) in [6.07, 6.45) is 1.54. The summed E-state index contributed by atoms with van der Waals surface area (Å²) in [6, 6.07) is 9.88. The molecule has 0 saturated heterocycles. The number of aliphatic hydroxyl groups excluding tert-OH is 1. The maximum Gasteiger partial charge on any atom is 0.0802 e. The van der Waals surface area contributed by atoms with Crippen LogP contribution >= 0.6 is 0 Å². The Morgan fingerprint density at radius 1 is 1.24 bits per heavy atom. The van der Waals surface area contributed by atoms with Crippen LogP contribution in [0.2, 0.25) is 0 Å². The Bertz CT molecular complexity index is 321. The quantitative estimate of drug-likeness (QED) is 0.818. The van der Waals surface area contributed by atoms with Gasteiger partial charge in [0, 0.05) is 12.1 Å². The van der Waals surface area contributed by atoms with Crippen molar-refractivity contribution >= 4 is 0 Å². The van der Waals surface area contributed by atoms with Gasteiger partial charge in [-0.2, -0.15) is 0 Å². The first-order valence-electron chi connectivity index (χ1n) is 6.41. The lowest BCUT2D eigenvalue weighted by Crippen LogP contribution is -2.41. The smallest absolute Gasteiger partial charge is 0.0802 e. The fourth-order valence-electron chi connectivity index (χ4n) is 1.73. The first kappa shape index (κ1) is 14.2. The highest BCUT2D eigenvalue weighted by Gasteiger charge is 2.21. The standard InChI is InChI=1S/C15H25NO/c1-5-15(2,3)16(4)12-11-14(17)13-9-7-6-8-10-13/h6-10,14,17H,5,11-12H2,1-4H3. The van der Waals surface area contributed by atoms with E-state index in [4.69, 9.17) is 0 Å². The van der Waals surface area contributed by atoms with Crippen molar-refractivity contribution in [2.24, 2.45) is 0 Å². The maximum absolute atomic E-state index is 10.1. The van der Waals surface area contributed by atoms with Gasteiger partial charge in [-0.3, -0.25) is 0 Å². The zero-order valence-corrected chi connectivity index (χ0v) is 11.5. The van der Waals surface area contributed by atoms with Gasteiger partial charge in [0.2, 0.25) is 0 Å². The van der Waals surface area contributed by atoms with Gasteiger partial charge in [0.15, 0.2) is 0 Å². The summed E-state index contributed by atoms with van der Waals surface area (Å²) in [5, 5.41) is 10.1. The summed E-state index contributed by atoms with van der Waals surface area (Å²) in [5.74, 6) is 0. The van der Waals surface area contributed by atoms with Crippen LogP contribution in [0.3, 0.4) is 0 Å². The van der Waals surface area contributed by atoms with Crippen molar-refractivity contribution in [1.82, 2.24) is 4.90 Å². The molecule has 0 amide bonds. The van der Waals surface area contributed by atoms with Crippen LogP contribution in [0.5, 0.6) is 0 Å². The third-order valence-corrected chi connectivity index (χ3v) is 3.82. The summed E-state index contributed by atoms with van der Waals surface area (Å²) in [7, 11) is 2.13. The van der Waals surface area contributed by atoms with Crippen molar-refractivity contribution < 1.29 is 5.11 Å². The van der Waals surface area contributed by atoms with Gasteiger partial charge in [0.05, 0.1) is 6.10 Å². The van der Waals surface area contributed by atoms with Crippen LogP contribution in [0.1, 0.15) is 45.3 Å². The van der Waals surface area contributed by atoms with Crippen LogP contribution in [0.4, 0.5) is 0 Å². The second-order valence-electron chi connectivity index (χ2n) is 5.30. The molecule has 17 heavy (non-hydrogen) atoms. The van der Waals surface area contributed by atoms with Gasteiger partial charge >= 0.3 is 0 Å². The first-order valence-corrected chi connectivity index (χ1v) is 6.41. The molecule has 0 heterocycles. The number of hydrogen-bond donors (Lipinski definition) is 1. The Morgan fingerprint density at radius 3 is 2.35 bits per heavy atom. The average molecular weight is 235 g/mol. The lowest BCUT2D eigenvalue weighted by Gasteiger charge is -2.35. The van der Waals surface area contributed by atoms with Gasteiger partial charge in [-0.1, -0.05) is 37.3 Å². The van der Waals surface area contributed by atoms with Crippen LogP contribution in [-0.4, -0.2) is 29.1 Å². The Balaban J connectivity index is 2.46. The van der Waals surface area contributed by atoms with Crippen LogP contribution in [0.15, 0.2) is 30.3 Å². The van der Waals surface area contributed by atoms with Gasteiger partial charge in [-0.25, -0.2) is 0 Å².